The normalized spacial score (nSPS) is 34.4. The third kappa shape index (κ3) is 4.50. The Morgan fingerprint density at radius 2 is 2.03 bits per heavy atom. The summed E-state index contributed by atoms with van der Waals surface area (Å²) < 4.78 is 9.66. The van der Waals surface area contributed by atoms with E-state index in [1.54, 1.807) is 34.6 Å². The first-order chi connectivity index (χ1) is 17.2. The summed E-state index contributed by atoms with van der Waals surface area (Å²) in [6, 6.07) is -1.31. The Hall–Kier alpha value is -1.88. The van der Waals surface area contributed by atoms with Crippen molar-refractivity contribution in [1.82, 2.24) is 14.7 Å². The van der Waals surface area contributed by atoms with E-state index in [4.69, 9.17) is 9.47 Å². The minimum Gasteiger partial charge on any atom is -0.461 e. The molecule has 4 aliphatic rings. The summed E-state index contributed by atoms with van der Waals surface area (Å²) in [5.74, 6) is -2.10. The molecule has 0 aliphatic carbocycles. The zero-order chi connectivity index (χ0) is 26.1. The number of carbonyl (C=O) groups excluding carboxylic acids is 3. The minimum atomic E-state index is -0.759. The maximum atomic E-state index is 14.3. The van der Waals surface area contributed by atoms with Gasteiger partial charge in [-0.15, -0.1) is 18.3 Å². The molecule has 4 saturated heterocycles. The van der Waals surface area contributed by atoms with Gasteiger partial charge in [0.2, 0.25) is 11.8 Å². The second kappa shape index (κ2) is 10.8. The lowest BCUT2D eigenvalue weighted by Gasteiger charge is -2.39. The first-order valence-corrected chi connectivity index (χ1v) is 13.7. The highest BCUT2D eigenvalue weighted by atomic mass is 32.2. The molecule has 0 saturated carbocycles. The second-order valence-electron chi connectivity index (χ2n) is 10.5. The Kier molecular flexibility index (Phi) is 8.19. The quantitative estimate of drug-likeness (QED) is 0.317. The number of rotatable bonds is 11. The Bertz CT molecular complexity index is 895. The van der Waals surface area contributed by atoms with Crippen LogP contribution >= 0.6 is 11.8 Å². The lowest BCUT2D eigenvalue weighted by atomic mass is 9.66. The number of aliphatic hydroxyl groups excluding tert-OH is 1. The first-order valence-electron chi connectivity index (χ1n) is 12.8. The van der Waals surface area contributed by atoms with E-state index in [-0.39, 0.29) is 25.0 Å². The van der Waals surface area contributed by atoms with E-state index in [1.807, 2.05) is 6.92 Å². The predicted octanol–water partition coefficient (Wildman–Crippen LogP) is 0.925. The van der Waals surface area contributed by atoms with E-state index in [1.165, 1.54) is 6.08 Å². The highest BCUT2D eigenvalue weighted by Gasteiger charge is 2.78. The third-order valence-corrected chi connectivity index (χ3v) is 10.2. The van der Waals surface area contributed by atoms with Crippen LogP contribution in [0.2, 0.25) is 0 Å². The summed E-state index contributed by atoms with van der Waals surface area (Å²) in [6.45, 7) is 15.6. The number of nitrogens with zero attached hydrogens (tertiary/aromatic N) is 3. The Balaban J connectivity index is 1.66. The number of carbonyl (C=O) groups is 3. The highest BCUT2D eigenvalue weighted by molar-refractivity contribution is 8.02. The van der Waals surface area contributed by atoms with Crippen molar-refractivity contribution in [3.05, 3.63) is 25.3 Å². The molecule has 0 aromatic rings. The van der Waals surface area contributed by atoms with E-state index >= 15 is 0 Å². The minimum absolute atomic E-state index is 0.0811. The van der Waals surface area contributed by atoms with Gasteiger partial charge in [0.15, 0.2) is 0 Å². The molecule has 1 spiro atoms. The highest BCUT2D eigenvalue weighted by Crippen LogP contribution is 2.71. The van der Waals surface area contributed by atoms with E-state index in [0.717, 1.165) is 19.5 Å². The number of ether oxygens (including phenoxy) is 2. The van der Waals surface area contributed by atoms with Crippen LogP contribution in [0.4, 0.5) is 0 Å². The number of fused-ring (bicyclic) bond motifs is 1. The van der Waals surface area contributed by atoms with Crippen molar-refractivity contribution in [2.24, 2.45) is 11.8 Å². The van der Waals surface area contributed by atoms with Crippen LogP contribution in [0.15, 0.2) is 25.3 Å². The Labute approximate surface area is 217 Å². The molecule has 4 rings (SSSR count). The molecule has 1 N–H and O–H groups in total. The standard InChI is InChI=1S/C26H39N3O6S/c1-5-9-28(11-10-27-12-15-34-16-13-27)23(32)21-26-8-7-25(4,36-26)20(24(33)35-14-6-2)19(26)22(31)29(21)18(3)17-30/h5-6,18-21,30H,1-2,7-17H2,3-4H3/t18-,19+,20+,21?,25-,26?/m1/s1. The molecule has 9 nitrogen and oxygen atoms in total. The average Bonchev–Trinajstić information content (AvgIpc) is 3.45. The fourth-order valence-corrected chi connectivity index (χ4v) is 8.83. The van der Waals surface area contributed by atoms with Gasteiger partial charge in [0.25, 0.3) is 0 Å². The zero-order valence-corrected chi connectivity index (χ0v) is 22.2. The van der Waals surface area contributed by atoms with Crippen LogP contribution in [0.25, 0.3) is 0 Å². The number of amides is 2. The SMILES string of the molecule is C=CCOC(=O)[C@@H]1[C@H]2C(=O)N([C@H](C)CO)C(C(=O)N(CC=C)CCN3CCOCC3)C23CC[C@@]1(C)S3. The number of hydrogen-bond acceptors (Lipinski definition) is 8. The van der Waals surface area contributed by atoms with Crippen LogP contribution in [0.5, 0.6) is 0 Å². The van der Waals surface area contributed by atoms with Gasteiger partial charge < -0.3 is 24.4 Å². The number of aliphatic hydroxyl groups is 1. The topological polar surface area (TPSA) is 99.6 Å². The Morgan fingerprint density at radius 3 is 2.67 bits per heavy atom. The number of hydrogen-bond donors (Lipinski definition) is 1. The van der Waals surface area contributed by atoms with Gasteiger partial charge in [0.1, 0.15) is 12.6 Å². The van der Waals surface area contributed by atoms with Gasteiger partial charge in [-0.05, 0) is 26.7 Å². The van der Waals surface area contributed by atoms with Crippen molar-refractivity contribution in [1.29, 1.82) is 0 Å². The lowest BCUT2D eigenvalue weighted by Crippen LogP contribution is -2.57. The fourth-order valence-electron chi connectivity index (χ4n) is 6.50. The molecule has 10 heteroatoms. The van der Waals surface area contributed by atoms with E-state index in [9.17, 15) is 19.5 Å². The van der Waals surface area contributed by atoms with Crippen molar-refractivity contribution in [3.8, 4) is 0 Å². The van der Waals surface area contributed by atoms with Gasteiger partial charge in [0.05, 0.1) is 42.4 Å². The van der Waals surface area contributed by atoms with Gasteiger partial charge >= 0.3 is 5.97 Å². The van der Waals surface area contributed by atoms with Crippen LogP contribution in [0, 0.1) is 11.8 Å². The fraction of sp³-hybridized carbons (Fsp3) is 0.731. The van der Waals surface area contributed by atoms with Gasteiger partial charge in [-0.1, -0.05) is 18.7 Å². The molecule has 2 amide bonds. The molecule has 0 radical (unpaired) electrons. The molecule has 4 aliphatic heterocycles. The molecular formula is C26H39N3O6S. The maximum absolute atomic E-state index is 14.3. The van der Waals surface area contributed by atoms with E-state index in [2.05, 4.69) is 18.1 Å². The van der Waals surface area contributed by atoms with E-state index in [0.29, 0.717) is 39.3 Å². The molecule has 4 fully saturated rings. The number of esters is 1. The zero-order valence-electron chi connectivity index (χ0n) is 21.4. The molecule has 0 aromatic carbocycles. The van der Waals surface area contributed by atoms with Crippen LogP contribution in [0.3, 0.4) is 0 Å². The Morgan fingerprint density at radius 1 is 1.31 bits per heavy atom. The van der Waals surface area contributed by atoms with Gasteiger partial charge in [-0.3, -0.25) is 19.3 Å². The van der Waals surface area contributed by atoms with Crippen molar-refractivity contribution >= 4 is 29.5 Å². The first kappa shape index (κ1) is 27.2. The molecule has 36 heavy (non-hydrogen) atoms. The molecular weight excluding hydrogens is 482 g/mol. The smallest absolute Gasteiger partial charge is 0.311 e. The largest absolute Gasteiger partial charge is 0.461 e. The molecule has 2 unspecified atom stereocenters. The van der Waals surface area contributed by atoms with Crippen LogP contribution < -0.4 is 0 Å². The molecule has 200 valence electrons. The second-order valence-corrected chi connectivity index (χ2v) is 12.3. The lowest BCUT2D eigenvalue weighted by molar-refractivity contribution is -0.155. The summed E-state index contributed by atoms with van der Waals surface area (Å²) in [7, 11) is 0. The molecule has 2 bridgehead atoms. The van der Waals surface area contributed by atoms with Crippen LogP contribution in [0.1, 0.15) is 26.7 Å². The van der Waals surface area contributed by atoms with Crippen LogP contribution in [-0.4, -0.2) is 118 Å². The average molecular weight is 522 g/mol. The molecule has 6 atom stereocenters. The predicted molar refractivity (Wildman–Crippen MR) is 137 cm³/mol. The summed E-state index contributed by atoms with van der Waals surface area (Å²) >= 11 is 1.60. The number of thioether (sulfide) groups is 1. The van der Waals surface area contributed by atoms with Crippen molar-refractivity contribution in [3.63, 3.8) is 0 Å². The van der Waals surface area contributed by atoms with Crippen molar-refractivity contribution in [2.45, 2.75) is 48.3 Å². The van der Waals surface area contributed by atoms with Crippen molar-refractivity contribution < 1.29 is 29.0 Å². The van der Waals surface area contributed by atoms with Gasteiger partial charge in [0, 0.05) is 37.5 Å². The van der Waals surface area contributed by atoms with Gasteiger partial charge in [-0.25, -0.2) is 0 Å². The third-order valence-electron chi connectivity index (χ3n) is 8.24. The van der Waals surface area contributed by atoms with Crippen molar-refractivity contribution in [2.75, 3.05) is 59.2 Å². The number of likely N-dealkylation sites (tertiary alicyclic amines) is 1. The number of morpholine rings is 1. The molecule has 4 heterocycles. The monoisotopic (exact) mass is 521 g/mol. The summed E-state index contributed by atoms with van der Waals surface area (Å²) in [4.78, 5) is 47.0. The maximum Gasteiger partial charge on any atom is 0.311 e. The van der Waals surface area contributed by atoms with Crippen LogP contribution in [-0.2, 0) is 23.9 Å². The van der Waals surface area contributed by atoms with Gasteiger partial charge in [-0.2, -0.15) is 0 Å². The molecule has 0 aromatic heterocycles. The summed E-state index contributed by atoms with van der Waals surface area (Å²) in [5, 5.41) is 10.0. The summed E-state index contributed by atoms with van der Waals surface area (Å²) in [5.41, 5.74) is 0. The van der Waals surface area contributed by atoms with E-state index < -0.39 is 39.4 Å². The summed E-state index contributed by atoms with van der Waals surface area (Å²) in [6.07, 6.45) is 4.60.